The Balaban J connectivity index is 1.55. The van der Waals surface area contributed by atoms with Gasteiger partial charge in [0.1, 0.15) is 6.26 Å². The highest BCUT2D eigenvalue weighted by atomic mass is 16.5. The topological polar surface area (TPSA) is 60.1 Å². The number of nitrogens with one attached hydrogen (secondary N) is 1. The molecule has 0 spiro atoms. The maximum Gasteiger partial charge on any atom is 0.194 e. The summed E-state index contributed by atoms with van der Waals surface area (Å²) in [7, 11) is 0. The molecule has 2 aliphatic heterocycles. The van der Waals surface area contributed by atoms with E-state index in [2.05, 4.69) is 52.9 Å². The van der Waals surface area contributed by atoms with Crippen LogP contribution in [0.5, 0.6) is 0 Å². The number of piperazine rings is 1. The summed E-state index contributed by atoms with van der Waals surface area (Å²) in [4.78, 5) is 12.5. The molecule has 0 aliphatic carbocycles. The number of aromatic nitrogens is 1. The molecule has 2 aliphatic rings. The van der Waals surface area contributed by atoms with Gasteiger partial charge in [-0.25, -0.2) is 0 Å². The highest BCUT2D eigenvalue weighted by Crippen LogP contribution is 2.24. The molecule has 1 aromatic heterocycles. The quantitative estimate of drug-likeness (QED) is 0.594. The van der Waals surface area contributed by atoms with Gasteiger partial charge in [-0.05, 0) is 46.1 Å². The molecule has 1 aromatic rings. The number of hydrogen-bond donors (Lipinski definition) is 1. The van der Waals surface area contributed by atoms with E-state index in [4.69, 9.17) is 9.52 Å². The highest BCUT2D eigenvalue weighted by molar-refractivity contribution is 5.80. The van der Waals surface area contributed by atoms with E-state index < -0.39 is 0 Å². The maximum atomic E-state index is 5.05. The van der Waals surface area contributed by atoms with Crippen LogP contribution in [0.15, 0.2) is 21.8 Å². The van der Waals surface area contributed by atoms with E-state index in [9.17, 15) is 0 Å². The Morgan fingerprint density at radius 3 is 2.71 bits per heavy atom. The number of rotatable bonds is 6. The second-order valence-corrected chi connectivity index (χ2v) is 8.93. The fourth-order valence-corrected chi connectivity index (χ4v) is 4.20. The minimum atomic E-state index is 0.101. The summed E-state index contributed by atoms with van der Waals surface area (Å²) in [6, 6.07) is 1.95. The summed E-state index contributed by atoms with van der Waals surface area (Å²) in [6.45, 7) is 18.2. The molecular formula is C21H38N6O. The third-order valence-electron chi connectivity index (χ3n) is 6.01. The minimum Gasteiger partial charge on any atom is -0.364 e. The van der Waals surface area contributed by atoms with Crippen LogP contribution >= 0.6 is 0 Å². The molecule has 2 saturated heterocycles. The molecule has 0 radical (unpaired) electrons. The molecule has 0 saturated carbocycles. The lowest BCUT2D eigenvalue weighted by Crippen LogP contribution is -2.54. The Labute approximate surface area is 170 Å². The average Bonchev–Trinajstić information content (AvgIpc) is 3.19. The zero-order valence-corrected chi connectivity index (χ0v) is 18.2. The molecular weight excluding hydrogens is 352 g/mol. The third-order valence-corrected chi connectivity index (χ3v) is 6.01. The molecule has 7 nitrogen and oxygen atoms in total. The fourth-order valence-electron chi connectivity index (χ4n) is 4.20. The molecule has 1 atom stereocenters. The fraction of sp³-hybridized carbons (Fsp3) is 0.810. The summed E-state index contributed by atoms with van der Waals surface area (Å²) >= 11 is 0. The van der Waals surface area contributed by atoms with Gasteiger partial charge in [-0.2, -0.15) is 0 Å². The van der Waals surface area contributed by atoms with Crippen molar-refractivity contribution in [2.24, 2.45) is 10.9 Å². The lowest BCUT2D eigenvalue weighted by Gasteiger charge is -2.42. The molecule has 158 valence electrons. The Morgan fingerprint density at radius 2 is 2.07 bits per heavy atom. The summed E-state index contributed by atoms with van der Waals surface area (Å²) in [6.07, 6.45) is 4.31. The van der Waals surface area contributed by atoms with Gasteiger partial charge in [0.05, 0.1) is 12.2 Å². The summed E-state index contributed by atoms with van der Waals surface area (Å²) in [5, 5.41) is 7.54. The summed E-state index contributed by atoms with van der Waals surface area (Å²) in [5.74, 6) is 1.85. The van der Waals surface area contributed by atoms with E-state index in [1.807, 2.05) is 6.07 Å². The van der Waals surface area contributed by atoms with Gasteiger partial charge in [0, 0.05) is 57.4 Å². The first-order chi connectivity index (χ1) is 13.5. The van der Waals surface area contributed by atoms with Gasteiger partial charge < -0.3 is 14.7 Å². The monoisotopic (exact) mass is 390 g/mol. The van der Waals surface area contributed by atoms with E-state index in [1.54, 1.807) is 6.26 Å². The zero-order chi connectivity index (χ0) is 20.0. The van der Waals surface area contributed by atoms with Gasteiger partial charge in [0.25, 0.3) is 0 Å². The Kier molecular flexibility index (Phi) is 7.35. The van der Waals surface area contributed by atoms with Gasteiger partial charge in [0.2, 0.25) is 0 Å². The van der Waals surface area contributed by atoms with E-state index in [1.165, 1.54) is 25.9 Å². The Hall–Kier alpha value is -1.60. The van der Waals surface area contributed by atoms with Crippen LogP contribution in [-0.2, 0) is 6.54 Å². The number of guanidine groups is 1. The van der Waals surface area contributed by atoms with Gasteiger partial charge in [0.15, 0.2) is 5.96 Å². The second kappa shape index (κ2) is 9.74. The highest BCUT2D eigenvalue weighted by Gasteiger charge is 2.30. The normalized spacial score (nSPS) is 23.2. The van der Waals surface area contributed by atoms with Crippen molar-refractivity contribution in [3.8, 4) is 0 Å². The van der Waals surface area contributed by atoms with E-state index >= 15 is 0 Å². The first kappa shape index (κ1) is 21.1. The maximum absolute atomic E-state index is 5.05. The molecule has 2 fully saturated rings. The second-order valence-electron chi connectivity index (χ2n) is 8.93. The summed E-state index contributed by atoms with van der Waals surface area (Å²) in [5.41, 5.74) is 1.11. The van der Waals surface area contributed by atoms with Gasteiger partial charge in [-0.3, -0.25) is 14.8 Å². The van der Waals surface area contributed by atoms with Crippen LogP contribution in [0, 0.1) is 5.92 Å². The Bertz CT molecular complexity index is 606. The van der Waals surface area contributed by atoms with E-state index in [0.29, 0.717) is 0 Å². The van der Waals surface area contributed by atoms with Crippen molar-refractivity contribution in [3.63, 3.8) is 0 Å². The molecule has 7 heteroatoms. The molecule has 28 heavy (non-hydrogen) atoms. The van der Waals surface area contributed by atoms with Crippen LogP contribution in [0.4, 0.5) is 0 Å². The SMILES string of the molecule is CCNC(=NCC(C)(C)N1CCCC(C)C1)N1CCN(Cc2ccon2)CC1. The zero-order valence-electron chi connectivity index (χ0n) is 18.2. The van der Waals surface area contributed by atoms with E-state index in [-0.39, 0.29) is 5.54 Å². The van der Waals surface area contributed by atoms with Crippen LogP contribution in [-0.4, -0.2) is 83.7 Å². The number of likely N-dealkylation sites (tertiary alicyclic amines) is 1. The minimum absolute atomic E-state index is 0.101. The predicted molar refractivity (Wildman–Crippen MR) is 113 cm³/mol. The van der Waals surface area contributed by atoms with E-state index in [0.717, 1.165) is 63.4 Å². The van der Waals surface area contributed by atoms with Crippen LogP contribution in [0.3, 0.4) is 0 Å². The standard InChI is InChI=1S/C21H38N6O/c1-5-22-20(23-17-21(3,4)27-9-6-7-18(2)15-27)26-12-10-25(11-13-26)16-19-8-14-28-24-19/h8,14,18H,5-7,9-13,15-17H2,1-4H3,(H,22,23). The first-order valence-corrected chi connectivity index (χ1v) is 10.9. The molecule has 0 aromatic carbocycles. The summed E-state index contributed by atoms with van der Waals surface area (Å²) < 4.78 is 4.95. The number of piperidine rings is 1. The molecule has 1 unspecified atom stereocenters. The van der Waals surface area contributed by atoms with Crippen LogP contribution in [0.25, 0.3) is 0 Å². The van der Waals surface area contributed by atoms with Crippen molar-refractivity contribution < 1.29 is 4.52 Å². The van der Waals surface area contributed by atoms with Gasteiger partial charge >= 0.3 is 0 Å². The van der Waals surface area contributed by atoms with Crippen molar-refractivity contribution in [1.29, 1.82) is 0 Å². The van der Waals surface area contributed by atoms with Crippen LogP contribution in [0.1, 0.15) is 46.2 Å². The van der Waals surface area contributed by atoms with Crippen LogP contribution < -0.4 is 5.32 Å². The molecule has 0 bridgehead atoms. The predicted octanol–water partition coefficient (Wildman–Crippen LogP) is 2.27. The lowest BCUT2D eigenvalue weighted by atomic mass is 9.94. The Morgan fingerprint density at radius 1 is 1.29 bits per heavy atom. The number of hydrogen-bond acceptors (Lipinski definition) is 5. The van der Waals surface area contributed by atoms with Crippen LogP contribution in [0.2, 0.25) is 0 Å². The van der Waals surface area contributed by atoms with Gasteiger partial charge in [-0.1, -0.05) is 12.1 Å². The third kappa shape index (κ3) is 5.70. The number of nitrogens with zero attached hydrogens (tertiary/aromatic N) is 5. The molecule has 3 heterocycles. The average molecular weight is 391 g/mol. The molecule has 1 N–H and O–H groups in total. The number of aliphatic imine (C=N–C) groups is 1. The molecule has 3 rings (SSSR count). The van der Waals surface area contributed by atoms with Gasteiger partial charge in [-0.15, -0.1) is 0 Å². The molecule has 0 amide bonds. The van der Waals surface area contributed by atoms with Crippen molar-refractivity contribution >= 4 is 5.96 Å². The largest absolute Gasteiger partial charge is 0.364 e. The lowest BCUT2D eigenvalue weighted by molar-refractivity contribution is 0.0771. The van der Waals surface area contributed by atoms with Crippen molar-refractivity contribution in [3.05, 3.63) is 18.0 Å². The van der Waals surface area contributed by atoms with Crippen molar-refractivity contribution in [2.75, 3.05) is 52.4 Å². The van der Waals surface area contributed by atoms with Crippen molar-refractivity contribution in [1.82, 2.24) is 25.2 Å². The first-order valence-electron chi connectivity index (χ1n) is 10.9. The smallest absolute Gasteiger partial charge is 0.194 e. The van der Waals surface area contributed by atoms with Crippen molar-refractivity contribution in [2.45, 2.75) is 52.6 Å².